The first-order valence-corrected chi connectivity index (χ1v) is 8.48. The zero-order chi connectivity index (χ0) is 19.1. The van der Waals surface area contributed by atoms with Crippen molar-refractivity contribution in [1.82, 2.24) is 30.0 Å². The highest BCUT2D eigenvalue weighted by Crippen LogP contribution is 2.38. The van der Waals surface area contributed by atoms with Crippen LogP contribution in [0.3, 0.4) is 0 Å². The number of hydrogen-bond donors (Lipinski definition) is 3. The number of hydrogen-bond acceptors (Lipinski definition) is 5. The number of aromatic amines is 2. The molecule has 9 heteroatoms. The van der Waals surface area contributed by atoms with Crippen LogP contribution in [0.1, 0.15) is 10.4 Å². The lowest BCUT2D eigenvalue weighted by molar-refractivity contribution is 0.0828. The molecule has 27 heavy (non-hydrogen) atoms. The Morgan fingerprint density at radius 2 is 2.04 bits per heavy atom. The molecule has 136 valence electrons. The summed E-state index contributed by atoms with van der Waals surface area (Å²) in [5, 5.41) is 8.25. The minimum Gasteiger partial charge on any atom is -0.383 e. The molecule has 0 bridgehead atoms. The number of nitrogen functional groups attached to an aromatic ring is 1. The summed E-state index contributed by atoms with van der Waals surface area (Å²) >= 11 is 6.72. The Kier molecular flexibility index (Phi) is 4.04. The summed E-state index contributed by atoms with van der Waals surface area (Å²) in [6.45, 7) is 0. The molecule has 0 unspecified atom stereocenters. The predicted molar refractivity (Wildman–Crippen MR) is 104 cm³/mol. The van der Waals surface area contributed by atoms with Gasteiger partial charge in [0.05, 0.1) is 16.3 Å². The van der Waals surface area contributed by atoms with Gasteiger partial charge in [0.25, 0.3) is 5.91 Å². The third kappa shape index (κ3) is 2.80. The molecule has 0 fully saturated rings. The fraction of sp³-hybridized carbons (Fsp3) is 0.111. The first-order valence-electron chi connectivity index (χ1n) is 8.10. The van der Waals surface area contributed by atoms with Gasteiger partial charge < -0.3 is 15.6 Å². The molecule has 0 atom stereocenters. The van der Waals surface area contributed by atoms with Crippen LogP contribution in [-0.4, -0.2) is 50.1 Å². The van der Waals surface area contributed by atoms with E-state index < -0.39 is 0 Å². The molecule has 0 aromatic carbocycles. The van der Waals surface area contributed by atoms with E-state index in [1.807, 2.05) is 12.3 Å². The van der Waals surface area contributed by atoms with E-state index in [0.717, 1.165) is 16.6 Å². The summed E-state index contributed by atoms with van der Waals surface area (Å²) in [5.74, 6) is -0.0627. The maximum Gasteiger partial charge on any atom is 0.257 e. The summed E-state index contributed by atoms with van der Waals surface area (Å²) in [6, 6.07) is 3.53. The topological polar surface area (TPSA) is 117 Å². The molecular weight excluding hydrogens is 366 g/mol. The van der Waals surface area contributed by atoms with Crippen LogP contribution < -0.4 is 5.73 Å². The van der Waals surface area contributed by atoms with Gasteiger partial charge >= 0.3 is 0 Å². The number of amides is 1. The van der Waals surface area contributed by atoms with Gasteiger partial charge in [-0.1, -0.05) is 11.6 Å². The van der Waals surface area contributed by atoms with Crippen molar-refractivity contribution in [1.29, 1.82) is 0 Å². The SMILES string of the molecule is CN(C)C(=O)c1cc(-c2cnc3[nH]cc(-c4cc[nH]n4)c3c2Cl)cnc1N. The number of aromatic nitrogens is 5. The fourth-order valence-electron chi connectivity index (χ4n) is 2.91. The van der Waals surface area contributed by atoms with Crippen LogP contribution in [0.15, 0.2) is 36.9 Å². The fourth-order valence-corrected chi connectivity index (χ4v) is 3.25. The molecule has 4 aromatic heterocycles. The number of nitrogens with zero attached hydrogens (tertiary/aromatic N) is 4. The maximum absolute atomic E-state index is 12.4. The highest BCUT2D eigenvalue weighted by Gasteiger charge is 2.19. The molecule has 0 aliphatic heterocycles. The van der Waals surface area contributed by atoms with Crippen LogP contribution in [0, 0.1) is 0 Å². The number of carbonyl (C=O) groups excluding carboxylic acids is 1. The molecule has 0 radical (unpaired) electrons. The molecule has 0 saturated carbocycles. The standard InChI is InChI=1S/C18H16ClN7O/c1-26(2)18(27)10-5-9(6-21-16(10)20)11-7-22-17-14(15(11)19)12(8-23-17)13-3-4-24-25-13/h3-8H,1-2H3,(H2,20,21)(H,22,23)(H,24,25). The highest BCUT2D eigenvalue weighted by atomic mass is 35.5. The number of pyridine rings is 2. The molecule has 0 aliphatic rings. The summed E-state index contributed by atoms with van der Waals surface area (Å²) in [6.07, 6.45) is 6.78. The minimum atomic E-state index is -0.231. The Labute approximate surface area is 159 Å². The van der Waals surface area contributed by atoms with Crippen LogP contribution in [0.4, 0.5) is 5.82 Å². The number of anilines is 1. The Balaban J connectivity index is 1.90. The molecule has 4 N–H and O–H groups in total. The molecule has 0 aliphatic carbocycles. The number of halogens is 1. The smallest absolute Gasteiger partial charge is 0.257 e. The first kappa shape index (κ1) is 17.0. The second kappa shape index (κ2) is 6.40. The number of nitrogens with two attached hydrogens (primary N) is 1. The van der Waals surface area contributed by atoms with E-state index in [0.29, 0.717) is 27.4 Å². The average Bonchev–Trinajstić information content (AvgIpc) is 3.31. The van der Waals surface area contributed by atoms with E-state index in [9.17, 15) is 4.79 Å². The summed E-state index contributed by atoms with van der Waals surface area (Å²) in [7, 11) is 3.32. The Morgan fingerprint density at radius 1 is 1.22 bits per heavy atom. The number of fused-ring (bicyclic) bond motifs is 1. The molecule has 1 amide bonds. The van der Waals surface area contributed by atoms with Crippen molar-refractivity contribution in [3.8, 4) is 22.4 Å². The Bertz CT molecular complexity index is 1150. The quantitative estimate of drug-likeness (QED) is 0.504. The van der Waals surface area contributed by atoms with Crippen molar-refractivity contribution in [2.24, 2.45) is 0 Å². The van der Waals surface area contributed by atoms with Crippen molar-refractivity contribution in [2.45, 2.75) is 0 Å². The lowest BCUT2D eigenvalue weighted by Crippen LogP contribution is -2.23. The number of rotatable bonds is 3. The van der Waals surface area contributed by atoms with E-state index >= 15 is 0 Å². The molecular formula is C18H16ClN7O. The molecule has 0 spiro atoms. The largest absolute Gasteiger partial charge is 0.383 e. The molecule has 4 rings (SSSR count). The lowest BCUT2D eigenvalue weighted by Gasteiger charge is -2.13. The van der Waals surface area contributed by atoms with Crippen LogP contribution in [0.2, 0.25) is 5.02 Å². The van der Waals surface area contributed by atoms with Gasteiger partial charge in [0.15, 0.2) is 0 Å². The van der Waals surface area contributed by atoms with Crippen molar-refractivity contribution in [2.75, 3.05) is 19.8 Å². The maximum atomic E-state index is 12.4. The van der Waals surface area contributed by atoms with Crippen molar-refractivity contribution >= 4 is 34.4 Å². The second-order valence-electron chi connectivity index (χ2n) is 6.23. The van der Waals surface area contributed by atoms with Gasteiger partial charge in [0.1, 0.15) is 11.5 Å². The third-order valence-electron chi connectivity index (χ3n) is 4.28. The minimum absolute atomic E-state index is 0.168. The van der Waals surface area contributed by atoms with E-state index in [-0.39, 0.29) is 11.7 Å². The van der Waals surface area contributed by atoms with Gasteiger partial charge in [-0.25, -0.2) is 9.97 Å². The van der Waals surface area contributed by atoms with Crippen molar-refractivity contribution < 1.29 is 4.79 Å². The number of nitrogens with one attached hydrogen (secondary N) is 2. The Hall–Kier alpha value is -3.39. The zero-order valence-electron chi connectivity index (χ0n) is 14.6. The average molecular weight is 382 g/mol. The predicted octanol–water partition coefficient (Wildman–Crippen LogP) is 2.95. The van der Waals surface area contributed by atoms with E-state index in [1.54, 1.807) is 38.8 Å². The first-order chi connectivity index (χ1) is 13.0. The zero-order valence-corrected chi connectivity index (χ0v) is 15.4. The Morgan fingerprint density at radius 3 is 2.74 bits per heavy atom. The summed E-state index contributed by atoms with van der Waals surface area (Å²) in [4.78, 5) is 25.5. The number of carbonyl (C=O) groups is 1. The van der Waals surface area contributed by atoms with Crippen LogP contribution in [0.5, 0.6) is 0 Å². The van der Waals surface area contributed by atoms with E-state index in [4.69, 9.17) is 17.3 Å². The monoisotopic (exact) mass is 381 g/mol. The molecule has 8 nitrogen and oxygen atoms in total. The lowest BCUT2D eigenvalue weighted by atomic mass is 10.0. The number of H-pyrrole nitrogens is 2. The van der Waals surface area contributed by atoms with Crippen molar-refractivity contribution in [3.63, 3.8) is 0 Å². The third-order valence-corrected chi connectivity index (χ3v) is 4.67. The molecule has 4 aromatic rings. The highest BCUT2D eigenvalue weighted by molar-refractivity contribution is 6.39. The van der Waals surface area contributed by atoms with E-state index in [2.05, 4.69) is 25.1 Å². The van der Waals surface area contributed by atoms with Crippen LogP contribution in [-0.2, 0) is 0 Å². The summed E-state index contributed by atoms with van der Waals surface area (Å²) in [5.41, 5.74) is 9.74. The summed E-state index contributed by atoms with van der Waals surface area (Å²) < 4.78 is 0. The van der Waals surface area contributed by atoms with Crippen LogP contribution >= 0.6 is 11.6 Å². The normalized spacial score (nSPS) is 11.1. The van der Waals surface area contributed by atoms with Crippen LogP contribution in [0.25, 0.3) is 33.4 Å². The molecule has 0 saturated heterocycles. The van der Waals surface area contributed by atoms with Gasteiger partial charge in [-0.05, 0) is 12.1 Å². The van der Waals surface area contributed by atoms with Gasteiger partial charge in [0, 0.05) is 61.0 Å². The van der Waals surface area contributed by atoms with Gasteiger partial charge in [-0.2, -0.15) is 5.10 Å². The van der Waals surface area contributed by atoms with Gasteiger partial charge in [0.2, 0.25) is 0 Å². The van der Waals surface area contributed by atoms with Gasteiger partial charge in [-0.3, -0.25) is 9.89 Å². The second-order valence-corrected chi connectivity index (χ2v) is 6.61. The van der Waals surface area contributed by atoms with Gasteiger partial charge in [-0.15, -0.1) is 0 Å². The van der Waals surface area contributed by atoms with E-state index in [1.165, 1.54) is 4.90 Å². The van der Waals surface area contributed by atoms with Crippen molar-refractivity contribution in [3.05, 3.63) is 47.5 Å². The molecule has 4 heterocycles.